The van der Waals surface area contributed by atoms with E-state index in [-0.39, 0.29) is 0 Å². The molecule has 0 saturated heterocycles. The fourth-order valence-electron chi connectivity index (χ4n) is 2.13. The number of methoxy groups -OCH3 is 1. The lowest BCUT2D eigenvalue weighted by atomic mass is 10.1. The van der Waals surface area contributed by atoms with Gasteiger partial charge in [-0.15, -0.1) is 0 Å². The molecule has 0 aliphatic heterocycles. The minimum Gasteiger partial charge on any atom is -0.389 e. The Balaban J connectivity index is 2.17. The smallest absolute Gasteiger partial charge is 0.0772 e. The van der Waals surface area contributed by atoms with Crippen LogP contribution in [0.15, 0.2) is 22.7 Å². The number of hydrogen-bond acceptors (Lipinski definition) is 3. The number of nitrogens with zero attached hydrogens (tertiary/aromatic N) is 1. The van der Waals surface area contributed by atoms with Gasteiger partial charge in [-0.3, -0.25) is 0 Å². The second kappa shape index (κ2) is 6.04. The molecule has 1 aromatic carbocycles. The number of aliphatic hydroxyl groups is 1. The zero-order chi connectivity index (χ0) is 13.1. The van der Waals surface area contributed by atoms with Gasteiger partial charge in [-0.2, -0.15) is 0 Å². The Kier molecular flexibility index (Phi) is 4.65. The van der Waals surface area contributed by atoms with Crippen molar-refractivity contribution in [1.82, 2.24) is 0 Å². The molecule has 100 valence electrons. The second-order valence-corrected chi connectivity index (χ2v) is 5.65. The summed E-state index contributed by atoms with van der Waals surface area (Å²) in [6.07, 6.45) is 2.08. The summed E-state index contributed by atoms with van der Waals surface area (Å²) < 4.78 is 6.14. The van der Waals surface area contributed by atoms with Crippen LogP contribution in [0, 0.1) is 0 Å². The lowest BCUT2D eigenvalue weighted by Crippen LogP contribution is -2.29. The van der Waals surface area contributed by atoms with E-state index in [1.54, 1.807) is 14.0 Å². The molecule has 0 amide bonds. The summed E-state index contributed by atoms with van der Waals surface area (Å²) in [5.41, 5.74) is 2.13. The highest BCUT2D eigenvalue weighted by atomic mass is 79.9. The molecule has 0 bridgehead atoms. The van der Waals surface area contributed by atoms with Crippen molar-refractivity contribution in [3.8, 4) is 0 Å². The van der Waals surface area contributed by atoms with Gasteiger partial charge in [-0.25, -0.2) is 0 Å². The van der Waals surface area contributed by atoms with E-state index in [0.29, 0.717) is 6.04 Å². The van der Waals surface area contributed by atoms with Crippen molar-refractivity contribution >= 4 is 21.6 Å². The van der Waals surface area contributed by atoms with Crippen LogP contribution < -0.4 is 4.90 Å². The van der Waals surface area contributed by atoms with Crippen molar-refractivity contribution in [2.45, 2.75) is 31.9 Å². The fraction of sp³-hybridized carbons (Fsp3) is 0.571. The largest absolute Gasteiger partial charge is 0.389 e. The van der Waals surface area contributed by atoms with Crippen LogP contribution in [0.5, 0.6) is 0 Å². The Morgan fingerprint density at radius 1 is 1.50 bits per heavy atom. The summed E-state index contributed by atoms with van der Waals surface area (Å²) in [4.78, 5) is 2.39. The SMILES string of the molecule is COCCN(c1ccc([C@H](C)O)c(Br)c1)C1CC1. The van der Waals surface area contributed by atoms with Crippen molar-refractivity contribution in [3.63, 3.8) is 0 Å². The molecule has 18 heavy (non-hydrogen) atoms. The van der Waals surface area contributed by atoms with Gasteiger partial charge >= 0.3 is 0 Å². The molecule has 0 unspecified atom stereocenters. The van der Waals surface area contributed by atoms with E-state index in [2.05, 4.69) is 33.0 Å². The summed E-state index contributed by atoms with van der Waals surface area (Å²) in [5.74, 6) is 0. The van der Waals surface area contributed by atoms with Crippen LogP contribution >= 0.6 is 15.9 Å². The Bertz CT molecular complexity index is 405. The standard InChI is InChI=1S/C14H20BrNO2/c1-10(17)13-6-5-12(9-14(13)15)16(7-8-18-2)11-3-4-11/h5-6,9-11,17H,3-4,7-8H2,1-2H3/t10-/m0/s1. The molecule has 3 nitrogen and oxygen atoms in total. The zero-order valence-corrected chi connectivity index (χ0v) is 12.5. The second-order valence-electron chi connectivity index (χ2n) is 4.80. The fourth-order valence-corrected chi connectivity index (χ4v) is 2.83. The summed E-state index contributed by atoms with van der Waals surface area (Å²) in [7, 11) is 1.73. The van der Waals surface area contributed by atoms with Crippen LogP contribution in [-0.4, -0.2) is 31.4 Å². The van der Waals surface area contributed by atoms with Gasteiger partial charge in [0.15, 0.2) is 0 Å². The molecule has 1 aliphatic carbocycles. The summed E-state index contributed by atoms with van der Waals surface area (Å²) in [6.45, 7) is 3.44. The Labute approximate surface area is 117 Å². The van der Waals surface area contributed by atoms with E-state index >= 15 is 0 Å². The third kappa shape index (κ3) is 3.25. The van der Waals surface area contributed by atoms with Crippen LogP contribution in [0.2, 0.25) is 0 Å². The first-order valence-corrected chi connectivity index (χ1v) is 7.16. The van der Waals surface area contributed by atoms with Crippen molar-refractivity contribution in [2.24, 2.45) is 0 Å². The van der Waals surface area contributed by atoms with Gasteiger partial charge < -0.3 is 14.7 Å². The van der Waals surface area contributed by atoms with E-state index in [1.807, 2.05) is 6.07 Å². The zero-order valence-electron chi connectivity index (χ0n) is 10.9. The number of rotatable bonds is 6. The maximum Gasteiger partial charge on any atom is 0.0772 e. The number of ether oxygens (including phenoxy) is 1. The average molecular weight is 314 g/mol. The molecule has 1 atom stereocenters. The Morgan fingerprint density at radius 3 is 2.72 bits per heavy atom. The highest BCUT2D eigenvalue weighted by molar-refractivity contribution is 9.10. The Hall–Kier alpha value is -0.580. The van der Waals surface area contributed by atoms with Gasteiger partial charge in [-0.05, 0) is 37.5 Å². The predicted molar refractivity (Wildman–Crippen MR) is 77.0 cm³/mol. The lowest BCUT2D eigenvalue weighted by Gasteiger charge is -2.25. The molecule has 1 N–H and O–H groups in total. The number of halogens is 1. The molecule has 4 heteroatoms. The molecule has 0 heterocycles. The third-order valence-corrected chi connectivity index (χ3v) is 3.98. The molecule has 1 fully saturated rings. The summed E-state index contributed by atoms with van der Waals surface area (Å²) in [6, 6.07) is 6.83. The van der Waals surface area contributed by atoms with Crippen molar-refractivity contribution in [3.05, 3.63) is 28.2 Å². The lowest BCUT2D eigenvalue weighted by molar-refractivity contribution is 0.198. The van der Waals surface area contributed by atoms with E-state index in [0.717, 1.165) is 23.2 Å². The van der Waals surface area contributed by atoms with Gasteiger partial charge in [0.1, 0.15) is 0 Å². The minimum absolute atomic E-state index is 0.443. The number of benzene rings is 1. The van der Waals surface area contributed by atoms with Crippen LogP contribution in [0.25, 0.3) is 0 Å². The van der Waals surface area contributed by atoms with E-state index in [1.165, 1.54) is 18.5 Å². The first kappa shape index (κ1) is 13.8. The van der Waals surface area contributed by atoms with Crippen LogP contribution in [0.1, 0.15) is 31.4 Å². The van der Waals surface area contributed by atoms with Gasteiger partial charge in [0, 0.05) is 29.9 Å². The molecular weight excluding hydrogens is 294 g/mol. The molecule has 0 aromatic heterocycles. The molecular formula is C14H20BrNO2. The monoisotopic (exact) mass is 313 g/mol. The van der Waals surface area contributed by atoms with Gasteiger partial charge in [0.05, 0.1) is 12.7 Å². The number of aliphatic hydroxyl groups excluding tert-OH is 1. The topological polar surface area (TPSA) is 32.7 Å². The van der Waals surface area contributed by atoms with Crippen molar-refractivity contribution < 1.29 is 9.84 Å². The predicted octanol–water partition coefficient (Wildman–Crippen LogP) is 3.12. The van der Waals surface area contributed by atoms with Crippen molar-refractivity contribution in [2.75, 3.05) is 25.2 Å². The first-order chi connectivity index (χ1) is 8.63. The average Bonchev–Trinajstić information content (AvgIpc) is 3.13. The molecule has 0 radical (unpaired) electrons. The summed E-state index contributed by atoms with van der Waals surface area (Å²) in [5, 5.41) is 9.63. The van der Waals surface area contributed by atoms with Crippen LogP contribution in [0.4, 0.5) is 5.69 Å². The normalized spacial score (nSPS) is 16.7. The highest BCUT2D eigenvalue weighted by Gasteiger charge is 2.29. The highest BCUT2D eigenvalue weighted by Crippen LogP contribution is 2.34. The van der Waals surface area contributed by atoms with Gasteiger partial charge in [0.2, 0.25) is 0 Å². The van der Waals surface area contributed by atoms with Crippen LogP contribution in [-0.2, 0) is 4.74 Å². The molecule has 2 rings (SSSR count). The molecule has 1 aromatic rings. The van der Waals surface area contributed by atoms with E-state index in [9.17, 15) is 5.11 Å². The Morgan fingerprint density at radius 2 is 2.22 bits per heavy atom. The third-order valence-electron chi connectivity index (χ3n) is 3.29. The van der Waals surface area contributed by atoms with Crippen molar-refractivity contribution in [1.29, 1.82) is 0 Å². The van der Waals surface area contributed by atoms with E-state index in [4.69, 9.17) is 4.74 Å². The molecule has 0 spiro atoms. The van der Waals surface area contributed by atoms with Gasteiger partial charge in [-0.1, -0.05) is 22.0 Å². The summed E-state index contributed by atoms with van der Waals surface area (Å²) >= 11 is 3.54. The molecule has 1 aliphatic rings. The number of hydrogen-bond donors (Lipinski definition) is 1. The molecule has 1 saturated carbocycles. The van der Waals surface area contributed by atoms with Gasteiger partial charge in [0.25, 0.3) is 0 Å². The minimum atomic E-state index is -0.443. The van der Waals surface area contributed by atoms with Crippen LogP contribution in [0.3, 0.4) is 0 Å². The maximum atomic E-state index is 9.63. The van der Waals surface area contributed by atoms with E-state index < -0.39 is 6.10 Å². The maximum absolute atomic E-state index is 9.63. The quantitative estimate of drug-likeness (QED) is 0.876. The first-order valence-electron chi connectivity index (χ1n) is 6.36. The number of anilines is 1.